The summed E-state index contributed by atoms with van der Waals surface area (Å²) in [6.07, 6.45) is 16.3. The van der Waals surface area contributed by atoms with E-state index in [1.807, 2.05) is 12.2 Å². The molecule has 3 nitrogen and oxygen atoms in total. The summed E-state index contributed by atoms with van der Waals surface area (Å²) in [5, 5.41) is 10.8. The van der Waals surface area contributed by atoms with Crippen LogP contribution in [0.4, 0.5) is 0 Å². The summed E-state index contributed by atoms with van der Waals surface area (Å²) in [5.41, 5.74) is 1.49. The minimum atomic E-state index is -0.197. The van der Waals surface area contributed by atoms with E-state index in [1.54, 1.807) is 0 Å². The number of hydrogen-bond donors (Lipinski definition) is 1. The third-order valence-electron chi connectivity index (χ3n) is 9.27. The summed E-state index contributed by atoms with van der Waals surface area (Å²) in [4.78, 5) is 11.5. The van der Waals surface area contributed by atoms with E-state index in [0.717, 1.165) is 18.8 Å². The summed E-state index contributed by atoms with van der Waals surface area (Å²) < 4.78 is 5.44. The summed E-state index contributed by atoms with van der Waals surface area (Å²) in [7, 11) is 0. The highest BCUT2D eigenvalue weighted by molar-refractivity contribution is 5.70. The number of allylic oxidation sites excluding steroid dienone is 5. The zero-order valence-corrected chi connectivity index (χ0v) is 16.6. The highest BCUT2D eigenvalue weighted by Gasteiger charge is 2.60. The van der Waals surface area contributed by atoms with E-state index in [-0.39, 0.29) is 11.4 Å². The van der Waals surface area contributed by atoms with Gasteiger partial charge in [-0.2, -0.15) is 0 Å². The van der Waals surface area contributed by atoms with Gasteiger partial charge in [-0.15, -0.1) is 0 Å². The lowest BCUT2D eigenvalue weighted by Gasteiger charge is -2.57. The predicted octanol–water partition coefficient (Wildman–Crippen LogP) is 5.35. The van der Waals surface area contributed by atoms with Crippen LogP contribution in [-0.4, -0.2) is 17.7 Å². The summed E-state index contributed by atoms with van der Waals surface area (Å²) in [6, 6.07) is 0. The summed E-state index contributed by atoms with van der Waals surface area (Å²) in [6.45, 7) is 5.43. The van der Waals surface area contributed by atoms with Gasteiger partial charge in [-0.05, 0) is 92.1 Å². The van der Waals surface area contributed by atoms with Crippen LogP contribution in [0.25, 0.3) is 0 Å². The van der Waals surface area contributed by atoms with Crippen LogP contribution in [0.3, 0.4) is 0 Å². The molecular weight excluding hydrogens is 336 g/mol. The number of cyclic esters (lactones) is 1. The first-order chi connectivity index (χ1) is 12.9. The molecule has 7 atom stereocenters. The Morgan fingerprint density at radius 1 is 1.11 bits per heavy atom. The largest absolute Gasteiger partial charge is 0.511 e. The number of esters is 1. The highest BCUT2D eigenvalue weighted by Crippen LogP contribution is 2.67. The van der Waals surface area contributed by atoms with E-state index >= 15 is 0 Å². The van der Waals surface area contributed by atoms with Crippen molar-refractivity contribution in [2.75, 3.05) is 6.61 Å². The number of hydrogen-bond acceptors (Lipinski definition) is 3. The first kappa shape index (κ1) is 17.6. The molecule has 2 saturated carbocycles. The zero-order chi connectivity index (χ0) is 18.8. The number of rotatable bonds is 1. The molecule has 0 aromatic carbocycles. The molecule has 27 heavy (non-hydrogen) atoms. The van der Waals surface area contributed by atoms with Crippen molar-refractivity contribution in [3.8, 4) is 0 Å². The van der Waals surface area contributed by atoms with Crippen molar-refractivity contribution in [2.24, 2.45) is 40.4 Å². The standard InChI is InChI=1S/C24H32O3/c1-23-13-12-20-17(8-7-16-4-3-5-21(25)24(16,20)2)19(23)10-9-18(23)15-6-11-22(26)27-14-15/h3-5,7,15,17-20,25H,6,8-14H2,1-2H3/t15-,17-,18+,19+,20-,23+,24-/m0/s1. The van der Waals surface area contributed by atoms with Crippen LogP contribution >= 0.6 is 0 Å². The number of carbonyl (C=O) groups is 1. The third kappa shape index (κ3) is 2.36. The van der Waals surface area contributed by atoms with Crippen LogP contribution in [0.1, 0.15) is 58.8 Å². The van der Waals surface area contributed by atoms with E-state index in [2.05, 4.69) is 26.0 Å². The fourth-order valence-electron chi connectivity index (χ4n) is 7.81. The van der Waals surface area contributed by atoms with E-state index in [0.29, 0.717) is 47.9 Å². The van der Waals surface area contributed by atoms with Gasteiger partial charge in [0.05, 0.1) is 12.0 Å². The number of ether oxygens (including phenoxy) is 1. The van der Waals surface area contributed by atoms with E-state index in [1.165, 1.54) is 31.3 Å². The van der Waals surface area contributed by atoms with Gasteiger partial charge < -0.3 is 9.84 Å². The summed E-state index contributed by atoms with van der Waals surface area (Å²) in [5.74, 6) is 3.71. The van der Waals surface area contributed by atoms with Crippen LogP contribution in [-0.2, 0) is 9.53 Å². The monoisotopic (exact) mass is 368 g/mol. The second-order valence-electron chi connectivity index (χ2n) is 10.1. The predicted molar refractivity (Wildman–Crippen MR) is 105 cm³/mol. The molecule has 5 rings (SSSR count). The van der Waals surface area contributed by atoms with Gasteiger partial charge in [0.15, 0.2) is 0 Å². The van der Waals surface area contributed by atoms with Crippen molar-refractivity contribution in [1.29, 1.82) is 0 Å². The Morgan fingerprint density at radius 2 is 1.93 bits per heavy atom. The van der Waals surface area contributed by atoms with Crippen LogP contribution in [0.15, 0.2) is 35.6 Å². The lowest BCUT2D eigenvalue weighted by atomic mass is 9.48. The molecule has 0 bridgehead atoms. The molecular formula is C24H32O3. The highest BCUT2D eigenvalue weighted by atomic mass is 16.5. The normalized spacial score (nSPS) is 48.7. The van der Waals surface area contributed by atoms with E-state index in [4.69, 9.17) is 4.74 Å². The van der Waals surface area contributed by atoms with Crippen LogP contribution in [0.5, 0.6) is 0 Å². The van der Waals surface area contributed by atoms with Crippen LogP contribution < -0.4 is 0 Å². The van der Waals surface area contributed by atoms with Gasteiger partial charge in [0.1, 0.15) is 5.76 Å². The van der Waals surface area contributed by atoms with Gasteiger partial charge >= 0.3 is 5.97 Å². The molecule has 3 fully saturated rings. The van der Waals surface area contributed by atoms with Gasteiger partial charge in [0, 0.05) is 6.42 Å². The SMILES string of the molecule is C[C@]12C(O)=CC=CC1=CC[C@H]1[C@H]3CC[C@H]([C@H]4CCC(=O)OC4)[C@@]3(C)CC[C@@H]12. The Bertz CT molecular complexity index is 737. The quantitative estimate of drug-likeness (QED) is 0.635. The number of fused-ring (bicyclic) bond motifs is 5. The molecule has 4 aliphatic carbocycles. The average Bonchev–Trinajstić information content (AvgIpc) is 3.01. The molecule has 1 aliphatic heterocycles. The maximum Gasteiger partial charge on any atom is 0.305 e. The molecule has 0 aromatic heterocycles. The number of aliphatic hydroxyl groups is 1. The average molecular weight is 369 g/mol. The lowest BCUT2D eigenvalue weighted by Crippen LogP contribution is -2.50. The van der Waals surface area contributed by atoms with Crippen molar-refractivity contribution in [1.82, 2.24) is 0 Å². The second kappa shape index (κ2) is 5.99. The Kier molecular flexibility index (Phi) is 3.90. The fraction of sp³-hybridized carbons (Fsp3) is 0.708. The molecule has 146 valence electrons. The Hall–Kier alpha value is -1.51. The minimum Gasteiger partial charge on any atom is -0.511 e. The Labute approximate surface area is 162 Å². The van der Waals surface area contributed by atoms with Crippen LogP contribution in [0, 0.1) is 40.4 Å². The molecule has 0 amide bonds. The molecule has 1 N–H and O–H groups in total. The molecule has 3 heteroatoms. The topological polar surface area (TPSA) is 46.5 Å². The lowest BCUT2D eigenvalue weighted by molar-refractivity contribution is -0.152. The maximum absolute atomic E-state index is 11.5. The molecule has 5 aliphatic rings. The van der Waals surface area contributed by atoms with Crippen molar-refractivity contribution in [2.45, 2.75) is 58.8 Å². The van der Waals surface area contributed by atoms with E-state index < -0.39 is 0 Å². The first-order valence-electron chi connectivity index (χ1n) is 10.9. The summed E-state index contributed by atoms with van der Waals surface area (Å²) >= 11 is 0. The molecule has 1 saturated heterocycles. The number of aliphatic hydroxyl groups excluding tert-OH is 1. The molecule has 0 spiro atoms. The maximum atomic E-state index is 11.5. The Morgan fingerprint density at radius 3 is 2.70 bits per heavy atom. The van der Waals surface area contributed by atoms with E-state index in [9.17, 15) is 9.90 Å². The molecule has 0 aromatic rings. The molecule has 0 radical (unpaired) electrons. The van der Waals surface area contributed by atoms with Crippen molar-refractivity contribution in [3.63, 3.8) is 0 Å². The smallest absolute Gasteiger partial charge is 0.305 e. The van der Waals surface area contributed by atoms with Gasteiger partial charge in [-0.25, -0.2) is 0 Å². The Balaban J connectivity index is 1.44. The van der Waals surface area contributed by atoms with Gasteiger partial charge in [-0.1, -0.05) is 25.2 Å². The number of carbonyl (C=O) groups excluding carboxylic acids is 1. The molecule has 1 heterocycles. The first-order valence-corrected chi connectivity index (χ1v) is 10.9. The van der Waals surface area contributed by atoms with Crippen molar-refractivity contribution < 1.29 is 14.6 Å². The van der Waals surface area contributed by atoms with Gasteiger partial charge in [0.25, 0.3) is 0 Å². The molecule has 0 unspecified atom stereocenters. The zero-order valence-electron chi connectivity index (χ0n) is 16.6. The third-order valence-corrected chi connectivity index (χ3v) is 9.27. The minimum absolute atomic E-state index is 0.0138. The fourth-order valence-corrected chi connectivity index (χ4v) is 7.81. The van der Waals surface area contributed by atoms with Crippen molar-refractivity contribution in [3.05, 3.63) is 35.6 Å². The van der Waals surface area contributed by atoms with Gasteiger partial charge in [0.2, 0.25) is 0 Å². The van der Waals surface area contributed by atoms with Crippen LogP contribution in [0.2, 0.25) is 0 Å². The van der Waals surface area contributed by atoms with Crippen molar-refractivity contribution >= 4 is 5.97 Å². The second-order valence-corrected chi connectivity index (χ2v) is 10.1. The van der Waals surface area contributed by atoms with Gasteiger partial charge in [-0.3, -0.25) is 4.79 Å².